The van der Waals surface area contributed by atoms with E-state index in [1.54, 1.807) is 4.90 Å². The van der Waals surface area contributed by atoms with Crippen LogP contribution in [0.3, 0.4) is 0 Å². The van der Waals surface area contributed by atoms with Crippen LogP contribution in [0.15, 0.2) is 0 Å². The number of aliphatic hydroxyl groups is 1. The molecule has 0 spiro atoms. The Kier molecular flexibility index (Phi) is 12.5. The lowest BCUT2D eigenvalue weighted by atomic mass is 10.1. The second-order valence-corrected chi connectivity index (χ2v) is 4.98. The van der Waals surface area contributed by atoms with Crippen LogP contribution in [-0.2, 0) is 4.79 Å². The van der Waals surface area contributed by atoms with Crippen LogP contribution in [0.2, 0.25) is 0 Å². The molecule has 1 amide bonds. The van der Waals surface area contributed by atoms with E-state index in [9.17, 15) is 4.79 Å². The van der Waals surface area contributed by atoms with Gasteiger partial charge in [0.2, 0.25) is 5.91 Å². The van der Waals surface area contributed by atoms with Crippen molar-refractivity contribution in [3.63, 3.8) is 0 Å². The number of carbonyl (C=O) groups excluding carboxylic acids is 1. The number of amides is 1. The molecule has 0 atom stereocenters. The largest absolute Gasteiger partial charge is 0.395 e. The average molecular weight is 257 g/mol. The lowest BCUT2D eigenvalue weighted by Gasteiger charge is -2.20. The molecule has 1 N–H and O–H groups in total. The summed E-state index contributed by atoms with van der Waals surface area (Å²) >= 11 is 0. The number of rotatable bonds is 12. The Bertz CT molecular complexity index is 189. The number of carbonyl (C=O) groups is 1. The molecule has 0 heterocycles. The summed E-state index contributed by atoms with van der Waals surface area (Å²) in [7, 11) is 0. The lowest BCUT2D eigenvalue weighted by Crippen LogP contribution is -2.34. The molecule has 0 rings (SSSR count). The topological polar surface area (TPSA) is 40.5 Å². The van der Waals surface area contributed by atoms with Gasteiger partial charge in [0, 0.05) is 19.5 Å². The Morgan fingerprint density at radius 1 is 0.889 bits per heavy atom. The minimum absolute atomic E-state index is 0.0722. The van der Waals surface area contributed by atoms with Crippen molar-refractivity contribution >= 4 is 5.91 Å². The number of hydrogen-bond donors (Lipinski definition) is 1. The molecule has 3 heteroatoms. The summed E-state index contributed by atoms with van der Waals surface area (Å²) in [6.45, 7) is 5.62. The maximum absolute atomic E-state index is 11.9. The van der Waals surface area contributed by atoms with Crippen molar-refractivity contribution in [2.75, 3.05) is 19.7 Å². The molecule has 3 nitrogen and oxygen atoms in total. The molecule has 0 aromatic carbocycles. The van der Waals surface area contributed by atoms with Crippen LogP contribution in [0.5, 0.6) is 0 Å². The van der Waals surface area contributed by atoms with Gasteiger partial charge in [-0.2, -0.15) is 0 Å². The zero-order valence-corrected chi connectivity index (χ0v) is 12.3. The third kappa shape index (κ3) is 9.46. The van der Waals surface area contributed by atoms with E-state index in [0.29, 0.717) is 13.0 Å². The van der Waals surface area contributed by atoms with Gasteiger partial charge in [-0.25, -0.2) is 0 Å². The molecule has 108 valence electrons. The Hall–Kier alpha value is -0.570. The van der Waals surface area contributed by atoms with Gasteiger partial charge >= 0.3 is 0 Å². The van der Waals surface area contributed by atoms with Gasteiger partial charge in [-0.15, -0.1) is 0 Å². The zero-order chi connectivity index (χ0) is 13.6. The highest BCUT2D eigenvalue weighted by molar-refractivity contribution is 5.76. The third-order valence-corrected chi connectivity index (χ3v) is 3.21. The minimum Gasteiger partial charge on any atom is -0.395 e. The first-order valence-corrected chi connectivity index (χ1v) is 7.64. The van der Waals surface area contributed by atoms with Crippen LogP contribution in [-0.4, -0.2) is 35.6 Å². The molecule has 0 aromatic heterocycles. The quantitative estimate of drug-likeness (QED) is 0.545. The second-order valence-electron chi connectivity index (χ2n) is 4.98. The van der Waals surface area contributed by atoms with Crippen molar-refractivity contribution in [3.05, 3.63) is 0 Å². The SMILES string of the molecule is CCCCCCCCCC(=O)N(CCC)CCO. The van der Waals surface area contributed by atoms with Crippen LogP contribution in [0.1, 0.15) is 71.6 Å². The molecule has 18 heavy (non-hydrogen) atoms. The number of aliphatic hydroxyl groups excluding tert-OH is 1. The molecule has 0 bridgehead atoms. The highest BCUT2D eigenvalue weighted by Gasteiger charge is 2.10. The van der Waals surface area contributed by atoms with E-state index >= 15 is 0 Å². The fraction of sp³-hybridized carbons (Fsp3) is 0.933. The number of hydrogen-bond acceptors (Lipinski definition) is 2. The molecular weight excluding hydrogens is 226 g/mol. The molecular formula is C15H31NO2. The summed E-state index contributed by atoms with van der Waals surface area (Å²) in [6, 6.07) is 0. The van der Waals surface area contributed by atoms with Gasteiger partial charge in [0.05, 0.1) is 6.61 Å². The average Bonchev–Trinajstić information content (AvgIpc) is 2.37. The Morgan fingerprint density at radius 3 is 2.06 bits per heavy atom. The van der Waals surface area contributed by atoms with Crippen molar-refractivity contribution in [1.82, 2.24) is 4.90 Å². The van der Waals surface area contributed by atoms with Gasteiger partial charge in [-0.05, 0) is 12.8 Å². The first-order valence-electron chi connectivity index (χ1n) is 7.64. The zero-order valence-electron chi connectivity index (χ0n) is 12.3. The fourth-order valence-corrected chi connectivity index (χ4v) is 2.14. The Balaban J connectivity index is 3.54. The number of unbranched alkanes of at least 4 members (excludes halogenated alkanes) is 6. The predicted molar refractivity (Wildman–Crippen MR) is 76.6 cm³/mol. The molecule has 0 radical (unpaired) electrons. The van der Waals surface area contributed by atoms with E-state index in [1.807, 2.05) is 0 Å². The monoisotopic (exact) mass is 257 g/mol. The smallest absolute Gasteiger partial charge is 0.222 e. The summed E-state index contributed by atoms with van der Waals surface area (Å²) in [5.74, 6) is 0.208. The van der Waals surface area contributed by atoms with Gasteiger partial charge in [-0.1, -0.05) is 52.4 Å². The molecule has 0 aromatic rings. The second kappa shape index (κ2) is 12.9. The van der Waals surface area contributed by atoms with Gasteiger partial charge in [-0.3, -0.25) is 4.79 Å². The first kappa shape index (κ1) is 17.4. The summed E-state index contributed by atoms with van der Waals surface area (Å²) in [5.41, 5.74) is 0. The van der Waals surface area contributed by atoms with Crippen LogP contribution >= 0.6 is 0 Å². The normalized spacial score (nSPS) is 10.6. The lowest BCUT2D eigenvalue weighted by molar-refractivity contribution is -0.131. The van der Waals surface area contributed by atoms with E-state index in [1.165, 1.54) is 32.1 Å². The molecule has 0 aliphatic rings. The maximum atomic E-state index is 11.9. The highest BCUT2D eigenvalue weighted by atomic mass is 16.3. The van der Waals surface area contributed by atoms with Gasteiger partial charge in [0.25, 0.3) is 0 Å². The summed E-state index contributed by atoms with van der Waals surface area (Å²) in [6.07, 6.45) is 10.3. The van der Waals surface area contributed by atoms with Crippen molar-refractivity contribution in [3.8, 4) is 0 Å². The minimum atomic E-state index is 0.0722. The van der Waals surface area contributed by atoms with Crippen LogP contribution in [0.4, 0.5) is 0 Å². The molecule has 0 fully saturated rings. The molecule has 0 aliphatic heterocycles. The Labute approximate surface area is 113 Å². The molecule has 0 saturated carbocycles. The van der Waals surface area contributed by atoms with Gasteiger partial charge < -0.3 is 10.0 Å². The first-order chi connectivity index (χ1) is 8.76. The van der Waals surface area contributed by atoms with Gasteiger partial charge in [0.1, 0.15) is 0 Å². The number of nitrogens with zero attached hydrogens (tertiary/aromatic N) is 1. The maximum Gasteiger partial charge on any atom is 0.222 e. The fourth-order valence-electron chi connectivity index (χ4n) is 2.14. The standard InChI is InChI=1S/C15H31NO2/c1-3-5-6-7-8-9-10-11-15(18)16(12-4-2)13-14-17/h17H,3-14H2,1-2H3. The van der Waals surface area contributed by atoms with E-state index in [-0.39, 0.29) is 12.5 Å². The van der Waals surface area contributed by atoms with E-state index in [0.717, 1.165) is 25.8 Å². The summed E-state index contributed by atoms with van der Waals surface area (Å²) in [4.78, 5) is 13.7. The summed E-state index contributed by atoms with van der Waals surface area (Å²) < 4.78 is 0. The molecule has 0 unspecified atom stereocenters. The van der Waals surface area contributed by atoms with Gasteiger partial charge in [0.15, 0.2) is 0 Å². The van der Waals surface area contributed by atoms with Crippen molar-refractivity contribution < 1.29 is 9.90 Å². The van der Waals surface area contributed by atoms with Crippen molar-refractivity contribution in [1.29, 1.82) is 0 Å². The molecule has 0 saturated heterocycles. The van der Waals surface area contributed by atoms with Crippen LogP contribution in [0.25, 0.3) is 0 Å². The molecule has 0 aliphatic carbocycles. The van der Waals surface area contributed by atoms with Crippen LogP contribution in [0, 0.1) is 0 Å². The van der Waals surface area contributed by atoms with Crippen LogP contribution < -0.4 is 0 Å². The van der Waals surface area contributed by atoms with E-state index < -0.39 is 0 Å². The highest BCUT2D eigenvalue weighted by Crippen LogP contribution is 2.09. The third-order valence-electron chi connectivity index (χ3n) is 3.21. The van der Waals surface area contributed by atoms with Crippen molar-refractivity contribution in [2.24, 2.45) is 0 Å². The van der Waals surface area contributed by atoms with E-state index in [2.05, 4.69) is 13.8 Å². The van der Waals surface area contributed by atoms with Crippen molar-refractivity contribution in [2.45, 2.75) is 71.6 Å². The Morgan fingerprint density at radius 2 is 1.50 bits per heavy atom. The predicted octanol–water partition coefficient (Wildman–Crippen LogP) is 3.36. The van der Waals surface area contributed by atoms with E-state index in [4.69, 9.17) is 5.11 Å². The summed E-state index contributed by atoms with van der Waals surface area (Å²) in [5, 5.41) is 8.91.